The molecule has 1 aromatic rings. The molecule has 1 aromatic carbocycles. The van der Waals surface area contributed by atoms with Crippen LogP contribution in [-0.4, -0.2) is 37.0 Å². The molecule has 17 heavy (non-hydrogen) atoms. The lowest BCUT2D eigenvalue weighted by Crippen LogP contribution is -2.34. The SMILES string of the molecule is O=C(c1ccc(Br)c(Cl)c1)N1CCCNCC1. The van der Waals surface area contributed by atoms with Crippen LogP contribution in [0.5, 0.6) is 0 Å². The number of hydrogen-bond donors (Lipinski definition) is 1. The molecule has 5 heteroatoms. The molecule has 92 valence electrons. The highest BCUT2D eigenvalue weighted by molar-refractivity contribution is 9.10. The van der Waals surface area contributed by atoms with Crippen LogP contribution in [0, 0.1) is 0 Å². The average Bonchev–Trinajstić information content (AvgIpc) is 2.60. The third-order valence-electron chi connectivity index (χ3n) is 2.79. The molecule has 0 aliphatic carbocycles. The normalized spacial score (nSPS) is 16.7. The second-order valence-corrected chi connectivity index (χ2v) is 5.29. The maximum Gasteiger partial charge on any atom is 0.253 e. The topological polar surface area (TPSA) is 32.3 Å². The summed E-state index contributed by atoms with van der Waals surface area (Å²) in [6.45, 7) is 3.40. The standard InChI is InChI=1S/C12H14BrClN2O/c13-10-3-2-9(8-11(10)14)12(17)16-6-1-4-15-5-7-16/h2-3,8,15H,1,4-7H2. The van der Waals surface area contributed by atoms with Crippen molar-refractivity contribution >= 4 is 33.4 Å². The summed E-state index contributed by atoms with van der Waals surface area (Å²) in [4.78, 5) is 14.1. The first kappa shape index (κ1) is 12.9. The van der Waals surface area contributed by atoms with E-state index in [1.54, 1.807) is 12.1 Å². The third-order valence-corrected chi connectivity index (χ3v) is 4.03. The molecule has 2 rings (SSSR count). The Bertz CT molecular complexity index is 417. The molecular weight excluding hydrogens is 304 g/mol. The van der Waals surface area contributed by atoms with Crippen LogP contribution in [-0.2, 0) is 0 Å². The van der Waals surface area contributed by atoms with E-state index in [2.05, 4.69) is 21.2 Å². The van der Waals surface area contributed by atoms with Crippen molar-refractivity contribution in [1.29, 1.82) is 0 Å². The maximum absolute atomic E-state index is 12.2. The van der Waals surface area contributed by atoms with Crippen LogP contribution in [0.2, 0.25) is 5.02 Å². The number of nitrogens with one attached hydrogen (secondary N) is 1. The van der Waals surface area contributed by atoms with Crippen molar-refractivity contribution in [3.05, 3.63) is 33.3 Å². The molecule has 0 aromatic heterocycles. The number of nitrogens with zero attached hydrogens (tertiary/aromatic N) is 1. The van der Waals surface area contributed by atoms with E-state index in [9.17, 15) is 4.79 Å². The van der Waals surface area contributed by atoms with Crippen molar-refractivity contribution in [3.63, 3.8) is 0 Å². The number of hydrogen-bond acceptors (Lipinski definition) is 2. The summed E-state index contributed by atoms with van der Waals surface area (Å²) in [5.41, 5.74) is 0.653. The van der Waals surface area contributed by atoms with E-state index in [1.165, 1.54) is 0 Å². The van der Waals surface area contributed by atoms with E-state index in [0.717, 1.165) is 37.1 Å². The zero-order valence-electron chi connectivity index (χ0n) is 9.38. The van der Waals surface area contributed by atoms with E-state index in [-0.39, 0.29) is 5.91 Å². The molecule has 1 saturated heterocycles. The summed E-state index contributed by atoms with van der Waals surface area (Å²) in [5, 5.41) is 3.85. The molecule has 0 bridgehead atoms. The Balaban J connectivity index is 2.14. The van der Waals surface area contributed by atoms with Crippen LogP contribution in [0.25, 0.3) is 0 Å². The number of amides is 1. The van der Waals surface area contributed by atoms with Crippen molar-refractivity contribution in [2.75, 3.05) is 26.2 Å². The second-order valence-electron chi connectivity index (χ2n) is 4.02. The highest BCUT2D eigenvalue weighted by Crippen LogP contribution is 2.23. The van der Waals surface area contributed by atoms with Gasteiger partial charge < -0.3 is 10.2 Å². The monoisotopic (exact) mass is 316 g/mol. The third kappa shape index (κ3) is 3.21. The molecule has 0 unspecified atom stereocenters. The Kier molecular flexibility index (Phi) is 4.42. The van der Waals surface area contributed by atoms with Crippen LogP contribution >= 0.6 is 27.5 Å². The predicted molar refractivity (Wildman–Crippen MR) is 72.5 cm³/mol. The molecule has 1 fully saturated rings. The van der Waals surface area contributed by atoms with Gasteiger partial charge in [-0.3, -0.25) is 4.79 Å². The van der Waals surface area contributed by atoms with E-state index in [4.69, 9.17) is 11.6 Å². The van der Waals surface area contributed by atoms with Crippen LogP contribution in [0.3, 0.4) is 0 Å². The smallest absolute Gasteiger partial charge is 0.253 e. The zero-order valence-corrected chi connectivity index (χ0v) is 11.7. The summed E-state index contributed by atoms with van der Waals surface area (Å²) < 4.78 is 0.813. The molecule has 1 aliphatic heterocycles. The van der Waals surface area contributed by atoms with Crippen molar-refractivity contribution in [2.45, 2.75) is 6.42 Å². The van der Waals surface area contributed by atoms with E-state index in [0.29, 0.717) is 10.6 Å². The first-order valence-corrected chi connectivity index (χ1v) is 6.80. The minimum atomic E-state index is 0.0584. The second kappa shape index (κ2) is 5.85. The lowest BCUT2D eigenvalue weighted by molar-refractivity contribution is 0.0766. The minimum Gasteiger partial charge on any atom is -0.337 e. The van der Waals surface area contributed by atoms with E-state index < -0.39 is 0 Å². The van der Waals surface area contributed by atoms with Crippen LogP contribution in [0.1, 0.15) is 16.8 Å². The van der Waals surface area contributed by atoms with Gasteiger partial charge in [0, 0.05) is 29.7 Å². The molecule has 1 heterocycles. The molecule has 1 aliphatic rings. The molecule has 3 nitrogen and oxygen atoms in total. The number of carbonyl (C=O) groups excluding carboxylic acids is 1. The van der Waals surface area contributed by atoms with Gasteiger partial charge in [-0.25, -0.2) is 0 Å². The maximum atomic E-state index is 12.2. The quantitative estimate of drug-likeness (QED) is 0.863. The molecule has 0 saturated carbocycles. The minimum absolute atomic E-state index is 0.0584. The average molecular weight is 318 g/mol. The molecule has 0 spiro atoms. The fraction of sp³-hybridized carbons (Fsp3) is 0.417. The molecule has 1 amide bonds. The summed E-state index contributed by atoms with van der Waals surface area (Å²) in [5.74, 6) is 0.0584. The van der Waals surface area contributed by atoms with Gasteiger partial charge in [0.1, 0.15) is 0 Å². The summed E-state index contributed by atoms with van der Waals surface area (Å²) in [7, 11) is 0. The highest BCUT2D eigenvalue weighted by atomic mass is 79.9. The summed E-state index contributed by atoms with van der Waals surface area (Å²) in [6, 6.07) is 5.33. The lowest BCUT2D eigenvalue weighted by atomic mass is 10.2. The van der Waals surface area contributed by atoms with Gasteiger partial charge in [0.25, 0.3) is 5.91 Å². The van der Waals surface area contributed by atoms with Crippen LogP contribution in [0.4, 0.5) is 0 Å². The number of benzene rings is 1. The van der Waals surface area contributed by atoms with Gasteiger partial charge in [0.15, 0.2) is 0 Å². The van der Waals surface area contributed by atoms with Crippen molar-refractivity contribution in [2.24, 2.45) is 0 Å². The number of rotatable bonds is 1. The van der Waals surface area contributed by atoms with Gasteiger partial charge in [0.2, 0.25) is 0 Å². The highest BCUT2D eigenvalue weighted by Gasteiger charge is 2.17. The van der Waals surface area contributed by atoms with Crippen molar-refractivity contribution < 1.29 is 4.79 Å². The Hall–Kier alpha value is -0.580. The van der Waals surface area contributed by atoms with Gasteiger partial charge in [-0.1, -0.05) is 11.6 Å². The Labute approximate surface area is 114 Å². The lowest BCUT2D eigenvalue weighted by Gasteiger charge is -2.20. The van der Waals surface area contributed by atoms with Gasteiger partial charge in [-0.15, -0.1) is 0 Å². The van der Waals surface area contributed by atoms with Gasteiger partial charge >= 0.3 is 0 Å². The van der Waals surface area contributed by atoms with Gasteiger partial charge in [-0.2, -0.15) is 0 Å². The van der Waals surface area contributed by atoms with Crippen molar-refractivity contribution in [3.8, 4) is 0 Å². The van der Waals surface area contributed by atoms with Crippen molar-refractivity contribution in [1.82, 2.24) is 10.2 Å². The Morgan fingerprint density at radius 1 is 1.35 bits per heavy atom. The van der Waals surface area contributed by atoms with E-state index >= 15 is 0 Å². The Morgan fingerprint density at radius 2 is 2.18 bits per heavy atom. The largest absolute Gasteiger partial charge is 0.337 e. The van der Waals surface area contributed by atoms with Crippen LogP contribution in [0.15, 0.2) is 22.7 Å². The number of carbonyl (C=O) groups is 1. The molecular formula is C12H14BrClN2O. The molecule has 0 radical (unpaired) electrons. The summed E-state index contributed by atoms with van der Waals surface area (Å²) in [6.07, 6.45) is 0.996. The predicted octanol–water partition coefficient (Wildman–Crippen LogP) is 2.54. The fourth-order valence-electron chi connectivity index (χ4n) is 1.86. The summed E-state index contributed by atoms with van der Waals surface area (Å²) >= 11 is 9.32. The molecule has 0 atom stereocenters. The first-order chi connectivity index (χ1) is 8.18. The van der Waals surface area contributed by atoms with Crippen LogP contribution < -0.4 is 5.32 Å². The fourth-order valence-corrected chi connectivity index (χ4v) is 2.29. The Morgan fingerprint density at radius 3 is 2.94 bits per heavy atom. The number of halogens is 2. The van der Waals surface area contributed by atoms with Gasteiger partial charge in [-0.05, 0) is 47.1 Å². The van der Waals surface area contributed by atoms with E-state index in [1.807, 2.05) is 11.0 Å². The van der Waals surface area contributed by atoms with Gasteiger partial charge in [0.05, 0.1) is 5.02 Å². The zero-order chi connectivity index (χ0) is 12.3. The first-order valence-electron chi connectivity index (χ1n) is 5.63. The molecule has 1 N–H and O–H groups in total.